The quantitative estimate of drug-likeness (QED) is 0.333. The summed E-state index contributed by atoms with van der Waals surface area (Å²) in [7, 11) is 1.58. The van der Waals surface area contributed by atoms with Crippen LogP contribution in [0.25, 0.3) is 0 Å². The predicted molar refractivity (Wildman–Crippen MR) is 143 cm³/mol. The molecule has 0 saturated heterocycles. The summed E-state index contributed by atoms with van der Waals surface area (Å²) >= 11 is 19.8. The summed E-state index contributed by atoms with van der Waals surface area (Å²) in [5.41, 5.74) is 2.80. The number of hydrogen-bond donors (Lipinski definition) is 1. The molecular weight excluding hydrogens is 511 g/mol. The number of amides is 2. The molecule has 1 atom stereocenters. The Balaban J connectivity index is 1.83. The molecule has 3 aromatic rings. The first-order valence-electron chi connectivity index (χ1n) is 10.7. The molecule has 0 bridgehead atoms. The van der Waals surface area contributed by atoms with Crippen molar-refractivity contribution in [2.45, 2.75) is 24.8 Å². The van der Waals surface area contributed by atoms with Crippen molar-refractivity contribution in [3.8, 4) is 0 Å². The molecule has 3 rings (SSSR count). The van der Waals surface area contributed by atoms with Gasteiger partial charge < -0.3 is 10.2 Å². The second-order valence-corrected chi connectivity index (χ2v) is 9.95. The first-order chi connectivity index (χ1) is 16.4. The first-order valence-corrected chi connectivity index (χ1v) is 13.0. The molecule has 0 heterocycles. The van der Waals surface area contributed by atoms with Crippen molar-refractivity contribution in [2.24, 2.45) is 0 Å². The molecule has 3 aromatic carbocycles. The lowest BCUT2D eigenvalue weighted by atomic mass is 10.0. The second-order valence-electron chi connectivity index (χ2n) is 7.71. The number of halogens is 3. The van der Waals surface area contributed by atoms with Crippen LogP contribution >= 0.6 is 46.6 Å². The number of nitrogens with zero attached hydrogens (tertiary/aromatic N) is 1. The van der Waals surface area contributed by atoms with Gasteiger partial charge in [-0.15, -0.1) is 11.8 Å². The molecule has 34 heavy (non-hydrogen) atoms. The van der Waals surface area contributed by atoms with E-state index in [0.717, 1.165) is 16.7 Å². The van der Waals surface area contributed by atoms with Crippen LogP contribution in [0.3, 0.4) is 0 Å². The van der Waals surface area contributed by atoms with Gasteiger partial charge in [0, 0.05) is 30.8 Å². The summed E-state index contributed by atoms with van der Waals surface area (Å²) in [5, 5.41) is 4.22. The van der Waals surface area contributed by atoms with E-state index in [1.54, 1.807) is 24.1 Å². The van der Waals surface area contributed by atoms with Crippen molar-refractivity contribution in [1.29, 1.82) is 0 Å². The van der Waals surface area contributed by atoms with Gasteiger partial charge in [0.2, 0.25) is 11.8 Å². The fourth-order valence-corrected chi connectivity index (χ4v) is 4.91. The third kappa shape index (κ3) is 7.67. The lowest BCUT2D eigenvalue weighted by molar-refractivity contribution is -0.139. The van der Waals surface area contributed by atoms with Gasteiger partial charge in [-0.2, -0.15) is 0 Å². The Morgan fingerprint density at radius 2 is 1.62 bits per heavy atom. The van der Waals surface area contributed by atoms with E-state index in [4.69, 9.17) is 34.8 Å². The number of carbonyl (C=O) groups excluding carboxylic acids is 2. The average Bonchev–Trinajstić information content (AvgIpc) is 2.83. The van der Waals surface area contributed by atoms with Gasteiger partial charge in [0.25, 0.3) is 0 Å². The summed E-state index contributed by atoms with van der Waals surface area (Å²) in [6, 6.07) is 21.8. The number of nitrogens with one attached hydrogen (secondary N) is 1. The molecule has 0 saturated carbocycles. The van der Waals surface area contributed by atoms with Crippen LogP contribution in [0.15, 0.2) is 72.8 Å². The summed E-state index contributed by atoms with van der Waals surface area (Å²) < 4.78 is 0. The maximum absolute atomic E-state index is 13.4. The molecule has 0 unspecified atom stereocenters. The number of likely N-dealkylation sites (N-methyl/N-ethyl adjacent to an activating group) is 1. The van der Waals surface area contributed by atoms with Crippen molar-refractivity contribution in [3.05, 3.63) is 105 Å². The average molecular weight is 536 g/mol. The zero-order chi connectivity index (χ0) is 24.5. The van der Waals surface area contributed by atoms with Gasteiger partial charge in [-0.1, -0.05) is 83.3 Å². The van der Waals surface area contributed by atoms with Crippen molar-refractivity contribution < 1.29 is 9.59 Å². The van der Waals surface area contributed by atoms with Crippen LogP contribution in [0.2, 0.25) is 15.1 Å². The Morgan fingerprint density at radius 1 is 0.882 bits per heavy atom. The molecule has 0 aliphatic heterocycles. The molecule has 1 N–H and O–H groups in total. The topological polar surface area (TPSA) is 49.4 Å². The monoisotopic (exact) mass is 534 g/mol. The van der Waals surface area contributed by atoms with Gasteiger partial charge in [0.05, 0.1) is 15.8 Å². The Hall–Kier alpha value is -2.18. The van der Waals surface area contributed by atoms with E-state index < -0.39 is 6.04 Å². The van der Waals surface area contributed by atoms with E-state index in [9.17, 15) is 9.59 Å². The predicted octanol–water partition coefficient (Wildman–Crippen LogP) is 6.27. The van der Waals surface area contributed by atoms with Gasteiger partial charge in [0.15, 0.2) is 0 Å². The number of hydrogen-bond acceptors (Lipinski definition) is 3. The van der Waals surface area contributed by atoms with E-state index in [1.165, 1.54) is 11.8 Å². The van der Waals surface area contributed by atoms with Gasteiger partial charge in [0.1, 0.15) is 6.04 Å². The Labute approximate surface area is 219 Å². The number of thioether (sulfide) groups is 1. The molecule has 8 heteroatoms. The maximum atomic E-state index is 13.4. The fourth-order valence-electron chi connectivity index (χ4n) is 3.52. The van der Waals surface area contributed by atoms with Crippen LogP contribution in [0.5, 0.6) is 0 Å². The van der Waals surface area contributed by atoms with E-state index >= 15 is 0 Å². The van der Waals surface area contributed by atoms with Crippen LogP contribution < -0.4 is 5.32 Å². The standard InChI is InChI=1S/C26H25Cl3N2O2S/c1-30-26(33)24(14-18-6-3-2-4-7-18)31(15-19-10-11-22(28)23(29)13-19)25(32)17-34-16-20-8-5-9-21(27)12-20/h2-13,24H,14-17H2,1H3,(H,30,33)/t24-/m0/s1. The molecule has 0 radical (unpaired) electrons. The minimum Gasteiger partial charge on any atom is -0.357 e. The van der Waals surface area contributed by atoms with Gasteiger partial charge in [-0.05, 0) is 41.0 Å². The van der Waals surface area contributed by atoms with E-state index in [-0.39, 0.29) is 24.1 Å². The molecule has 0 aromatic heterocycles. The van der Waals surface area contributed by atoms with Gasteiger partial charge in [-0.25, -0.2) is 0 Å². The van der Waals surface area contributed by atoms with E-state index in [0.29, 0.717) is 27.2 Å². The molecule has 178 valence electrons. The van der Waals surface area contributed by atoms with Crippen LogP contribution in [0.4, 0.5) is 0 Å². The normalized spacial score (nSPS) is 11.6. The summed E-state index contributed by atoms with van der Waals surface area (Å²) in [6.07, 6.45) is 0.395. The maximum Gasteiger partial charge on any atom is 0.242 e. The molecular formula is C26H25Cl3N2O2S. The third-order valence-corrected chi connectivity index (χ3v) is 7.20. The fraction of sp³-hybridized carbons (Fsp3) is 0.231. The lowest BCUT2D eigenvalue weighted by Crippen LogP contribution is -2.50. The first kappa shape index (κ1) is 26.4. The summed E-state index contributed by atoms with van der Waals surface area (Å²) in [6.45, 7) is 0.234. The van der Waals surface area contributed by atoms with Crippen LogP contribution in [-0.2, 0) is 28.3 Å². The van der Waals surface area contributed by atoms with Crippen LogP contribution in [0.1, 0.15) is 16.7 Å². The smallest absolute Gasteiger partial charge is 0.242 e. The SMILES string of the molecule is CNC(=O)[C@H](Cc1ccccc1)N(Cc1ccc(Cl)c(Cl)c1)C(=O)CSCc1cccc(Cl)c1. The number of rotatable bonds is 10. The van der Waals surface area contributed by atoms with E-state index in [1.807, 2.05) is 60.7 Å². The summed E-state index contributed by atoms with van der Waals surface area (Å²) in [4.78, 5) is 28.0. The highest BCUT2D eigenvalue weighted by atomic mass is 35.5. The summed E-state index contributed by atoms with van der Waals surface area (Å²) in [5.74, 6) is 0.492. The molecule has 0 aliphatic rings. The van der Waals surface area contributed by atoms with Crippen molar-refractivity contribution >= 4 is 58.4 Å². The third-order valence-electron chi connectivity index (χ3n) is 5.24. The Kier molecular flexibility index (Phi) is 10.1. The van der Waals surface area contributed by atoms with Crippen LogP contribution in [-0.4, -0.2) is 35.6 Å². The van der Waals surface area contributed by atoms with Crippen molar-refractivity contribution in [3.63, 3.8) is 0 Å². The molecule has 4 nitrogen and oxygen atoms in total. The Morgan fingerprint density at radius 3 is 2.29 bits per heavy atom. The lowest BCUT2D eigenvalue weighted by Gasteiger charge is -2.31. The highest BCUT2D eigenvalue weighted by Crippen LogP contribution is 2.25. The number of benzene rings is 3. The minimum atomic E-state index is -0.680. The molecule has 2 amide bonds. The zero-order valence-corrected chi connectivity index (χ0v) is 21.7. The molecule has 0 fully saturated rings. The zero-order valence-electron chi connectivity index (χ0n) is 18.6. The highest BCUT2D eigenvalue weighted by molar-refractivity contribution is 7.99. The minimum absolute atomic E-state index is 0.136. The largest absolute Gasteiger partial charge is 0.357 e. The van der Waals surface area contributed by atoms with Gasteiger partial charge >= 0.3 is 0 Å². The highest BCUT2D eigenvalue weighted by Gasteiger charge is 2.29. The van der Waals surface area contributed by atoms with Crippen molar-refractivity contribution in [2.75, 3.05) is 12.8 Å². The second kappa shape index (κ2) is 13.1. The van der Waals surface area contributed by atoms with E-state index in [2.05, 4.69) is 5.32 Å². The Bertz CT molecular complexity index is 1130. The molecule has 0 aliphatic carbocycles. The van der Waals surface area contributed by atoms with Crippen molar-refractivity contribution in [1.82, 2.24) is 10.2 Å². The molecule has 0 spiro atoms. The van der Waals surface area contributed by atoms with Gasteiger partial charge in [-0.3, -0.25) is 9.59 Å². The van der Waals surface area contributed by atoms with Crippen LogP contribution in [0, 0.1) is 0 Å². The number of carbonyl (C=O) groups is 2.